The summed E-state index contributed by atoms with van der Waals surface area (Å²) in [7, 11) is 2.30. The van der Waals surface area contributed by atoms with Gasteiger partial charge in [-0.1, -0.05) is 0 Å². The fourth-order valence-electron chi connectivity index (χ4n) is 2.92. The van der Waals surface area contributed by atoms with Crippen LogP contribution in [-0.2, 0) is 0 Å². The highest BCUT2D eigenvalue weighted by Crippen LogP contribution is 2.27. The minimum Gasteiger partial charge on any atom is -1.00 e. The summed E-state index contributed by atoms with van der Waals surface area (Å²) in [6.07, 6.45) is 5.59. The van der Waals surface area contributed by atoms with Crippen LogP contribution in [0.15, 0.2) is 36.7 Å². The van der Waals surface area contributed by atoms with Gasteiger partial charge in [0, 0.05) is 24.3 Å². The number of likely N-dealkylation sites (N-methyl/N-ethyl adjacent to an activating group) is 1. The lowest BCUT2D eigenvalue weighted by atomic mass is 10.2. The van der Waals surface area contributed by atoms with Crippen molar-refractivity contribution in [3.63, 3.8) is 0 Å². The second-order valence-electron chi connectivity index (χ2n) is 5.50. The maximum atomic E-state index is 5.73. The molecule has 3 N–H and O–H groups in total. The highest BCUT2D eigenvalue weighted by atomic mass is 35.5. The molecule has 0 spiro atoms. The molecule has 1 fully saturated rings. The number of hydrogen-bond acceptors (Lipinski definition) is 3. The highest BCUT2D eigenvalue weighted by Gasteiger charge is 2.38. The molecule has 19 heavy (non-hydrogen) atoms. The number of hydrogen-bond donors (Lipinski definition) is 2. The topological polar surface area (TPSA) is 41.3 Å². The van der Waals surface area contributed by atoms with Gasteiger partial charge in [-0.3, -0.25) is 4.48 Å². The Morgan fingerprint density at radius 2 is 2.05 bits per heavy atom. The van der Waals surface area contributed by atoms with Crippen molar-refractivity contribution in [1.82, 2.24) is 5.32 Å². The Bertz CT molecular complexity index is 459. The van der Waals surface area contributed by atoms with Crippen molar-refractivity contribution in [2.24, 2.45) is 0 Å². The maximum absolute atomic E-state index is 5.73. The molecule has 104 valence electrons. The van der Waals surface area contributed by atoms with Crippen LogP contribution in [0.4, 0.5) is 11.4 Å². The predicted octanol–water partition coefficient (Wildman–Crippen LogP) is -1.67. The molecular formula is C14H21ClN4. The zero-order valence-electron chi connectivity index (χ0n) is 11.2. The summed E-state index contributed by atoms with van der Waals surface area (Å²) in [6.45, 7) is 3.27. The molecule has 2 aliphatic heterocycles. The highest BCUT2D eigenvalue weighted by molar-refractivity contribution is 5.53. The molecule has 2 aliphatic rings. The summed E-state index contributed by atoms with van der Waals surface area (Å²) in [5.41, 5.74) is 7.85. The third kappa shape index (κ3) is 2.65. The number of nitrogens with two attached hydrogens (primary N) is 1. The zero-order valence-corrected chi connectivity index (χ0v) is 12.0. The van der Waals surface area contributed by atoms with Crippen LogP contribution < -0.4 is 28.4 Å². The lowest BCUT2D eigenvalue weighted by molar-refractivity contribution is -0.879. The minimum absolute atomic E-state index is 0. The van der Waals surface area contributed by atoms with Gasteiger partial charge >= 0.3 is 0 Å². The average molecular weight is 281 g/mol. The van der Waals surface area contributed by atoms with E-state index in [0.717, 1.165) is 29.9 Å². The first-order valence-corrected chi connectivity index (χ1v) is 6.54. The van der Waals surface area contributed by atoms with E-state index in [0.29, 0.717) is 6.04 Å². The largest absolute Gasteiger partial charge is 1.00 e. The van der Waals surface area contributed by atoms with Gasteiger partial charge in [-0.05, 0) is 24.3 Å². The molecule has 2 heterocycles. The van der Waals surface area contributed by atoms with Crippen LogP contribution in [0.1, 0.15) is 6.42 Å². The van der Waals surface area contributed by atoms with Gasteiger partial charge < -0.3 is 28.4 Å². The second-order valence-corrected chi connectivity index (χ2v) is 5.50. The first-order chi connectivity index (χ1) is 8.67. The van der Waals surface area contributed by atoms with E-state index < -0.39 is 0 Å². The minimum atomic E-state index is 0. The van der Waals surface area contributed by atoms with Gasteiger partial charge in [0.1, 0.15) is 12.2 Å². The quantitative estimate of drug-likeness (QED) is 0.503. The molecule has 0 aromatic heterocycles. The molecule has 4 nitrogen and oxygen atoms in total. The lowest BCUT2D eigenvalue weighted by Crippen LogP contribution is -3.00. The SMILES string of the molecule is C[N+]1(C2CCN(c3ccc(N)cc3)C2)C=CNC1.[Cl-]. The van der Waals surface area contributed by atoms with Crippen LogP contribution in [-0.4, -0.2) is 37.3 Å². The molecule has 5 heteroatoms. The third-order valence-electron chi connectivity index (χ3n) is 4.22. The predicted molar refractivity (Wildman–Crippen MR) is 74.8 cm³/mol. The van der Waals surface area contributed by atoms with Crippen molar-refractivity contribution in [2.45, 2.75) is 12.5 Å². The van der Waals surface area contributed by atoms with E-state index >= 15 is 0 Å². The monoisotopic (exact) mass is 280 g/mol. The van der Waals surface area contributed by atoms with E-state index in [1.807, 2.05) is 12.1 Å². The summed E-state index contributed by atoms with van der Waals surface area (Å²) < 4.78 is 1.01. The van der Waals surface area contributed by atoms with Crippen LogP contribution in [0.25, 0.3) is 0 Å². The molecule has 0 bridgehead atoms. The number of halogens is 1. The van der Waals surface area contributed by atoms with Crippen LogP contribution in [0, 0.1) is 0 Å². The fourth-order valence-corrected chi connectivity index (χ4v) is 2.92. The third-order valence-corrected chi connectivity index (χ3v) is 4.22. The summed E-state index contributed by atoms with van der Waals surface area (Å²) in [6, 6.07) is 8.88. The van der Waals surface area contributed by atoms with E-state index in [1.54, 1.807) is 0 Å². The standard InChI is InChI=1S/C14H21N4.ClH/c1-18(9-7-16-11-18)14-6-8-17(10-14)13-4-2-12(15)3-5-13;/h2-5,7,9,14,16H,6,8,10-11,15H2,1H3;1H/q+1;/p-1. The Balaban J connectivity index is 0.00000133. The normalized spacial score (nSPS) is 29.1. The molecule has 0 radical (unpaired) electrons. The Morgan fingerprint density at radius 3 is 2.68 bits per heavy atom. The molecule has 1 aromatic rings. The summed E-state index contributed by atoms with van der Waals surface area (Å²) in [4.78, 5) is 2.46. The summed E-state index contributed by atoms with van der Waals surface area (Å²) >= 11 is 0. The number of rotatable bonds is 2. The van der Waals surface area contributed by atoms with Crippen molar-refractivity contribution in [2.75, 3.05) is 37.4 Å². The molecular weight excluding hydrogens is 260 g/mol. The first-order valence-electron chi connectivity index (χ1n) is 6.54. The number of nitrogens with one attached hydrogen (secondary N) is 1. The molecule has 1 saturated heterocycles. The van der Waals surface area contributed by atoms with Crippen molar-refractivity contribution >= 4 is 11.4 Å². The molecule has 0 amide bonds. The van der Waals surface area contributed by atoms with Gasteiger partial charge in [0.05, 0.1) is 19.8 Å². The summed E-state index contributed by atoms with van der Waals surface area (Å²) in [5.74, 6) is 0. The van der Waals surface area contributed by atoms with E-state index in [9.17, 15) is 0 Å². The Kier molecular flexibility index (Phi) is 3.92. The molecule has 3 rings (SSSR count). The van der Waals surface area contributed by atoms with Crippen LogP contribution in [0.2, 0.25) is 0 Å². The molecule has 0 saturated carbocycles. The van der Waals surface area contributed by atoms with E-state index in [2.05, 4.69) is 41.8 Å². The van der Waals surface area contributed by atoms with Crippen molar-refractivity contribution in [3.8, 4) is 0 Å². The Labute approximate surface area is 120 Å². The number of anilines is 2. The van der Waals surface area contributed by atoms with E-state index in [1.165, 1.54) is 12.1 Å². The van der Waals surface area contributed by atoms with E-state index in [-0.39, 0.29) is 12.4 Å². The molecule has 2 atom stereocenters. The first kappa shape index (κ1) is 14.0. The Hall–Kier alpha value is -1.39. The summed E-state index contributed by atoms with van der Waals surface area (Å²) in [5, 5.41) is 3.31. The smallest absolute Gasteiger partial charge is 0.156 e. The average Bonchev–Trinajstić information content (AvgIpc) is 2.99. The number of quaternary nitrogens is 1. The second kappa shape index (κ2) is 5.31. The Morgan fingerprint density at radius 1 is 1.32 bits per heavy atom. The zero-order chi connectivity index (χ0) is 12.6. The molecule has 2 unspecified atom stereocenters. The van der Waals surface area contributed by atoms with Gasteiger partial charge in [-0.25, -0.2) is 0 Å². The fraction of sp³-hybridized carbons (Fsp3) is 0.429. The van der Waals surface area contributed by atoms with Crippen LogP contribution >= 0.6 is 0 Å². The van der Waals surface area contributed by atoms with Crippen molar-refractivity contribution in [3.05, 3.63) is 36.7 Å². The van der Waals surface area contributed by atoms with Gasteiger partial charge in [-0.2, -0.15) is 0 Å². The van der Waals surface area contributed by atoms with Crippen molar-refractivity contribution < 1.29 is 16.9 Å². The van der Waals surface area contributed by atoms with Gasteiger partial charge in [-0.15, -0.1) is 0 Å². The van der Waals surface area contributed by atoms with Crippen molar-refractivity contribution in [1.29, 1.82) is 0 Å². The van der Waals surface area contributed by atoms with E-state index in [4.69, 9.17) is 5.73 Å². The van der Waals surface area contributed by atoms with Gasteiger partial charge in [0.2, 0.25) is 0 Å². The molecule has 0 aliphatic carbocycles. The maximum Gasteiger partial charge on any atom is 0.156 e. The van der Waals surface area contributed by atoms with Crippen LogP contribution in [0.3, 0.4) is 0 Å². The number of benzene rings is 1. The number of nitrogen functional groups attached to an aromatic ring is 1. The molecule has 1 aromatic carbocycles. The number of nitrogens with zero attached hydrogens (tertiary/aromatic N) is 2. The van der Waals surface area contributed by atoms with Crippen LogP contribution in [0.5, 0.6) is 0 Å². The van der Waals surface area contributed by atoms with Gasteiger partial charge in [0.15, 0.2) is 6.67 Å². The van der Waals surface area contributed by atoms with Gasteiger partial charge in [0.25, 0.3) is 0 Å². The lowest BCUT2D eigenvalue weighted by Gasteiger charge is -2.32.